The molecule has 2 aromatic rings. The number of amidine groups is 1. The Bertz CT molecular complexity index is 920. The average molecular weight is 526 g/mol. The van der Waals surface area contributed by atoms with E-state index in [0.29, 0.717) is 23.3 Å². The Balaban J connectivity index is 1.78. The van der Waals surface area contributed by atoms with Crippen LogP contribution in [-0.2, 0) is 4.79 Å². The summed E-state index contributed by atoms with van der Waals surface area (Å²) in [6.45, 7) is 5.06. The second-order valence-electron chi connectivity index (χ2n) is 5.66. The van der Waals surface area contributed by atoms with Gasteiger partial charge in [0.05, 0.1) is 32.8 Å². The molecular formula is C20H18Br2N2O3S. The topological polar surface area (TPSA) is 59.9 Å². The molecule has 8 heteroatoms. The molecule has 1 heterocycles. The fraction of sp³-hybridized carbons (Fsp3) is 0.200. The van der Waals surface area contributed by atoms with Crippen LogP contribution in [0.25, 0.3) is 6.08 Å². The normalized spacial score (nSPS) is 16.5. The third-order valence-corrected chi connectivity index (χ3v) is 5.72. The van der Waals surface area contributed by atoms with Gasteiger partial charge in [-0.1, -0.05) is 0 Å². The predicted octanol–water partition coefficient (Wildman–Crippen LogP) is 5.90. The number of halogens is 2. The number of amides is 1. The van der Waals surface area contributed by atoms with Gasteiger partial charge in [0.2, 0.25) is 0 Å². The van der Waals surface area contributed by atoms with E-state index in [1.54, 1.807) is 0 Å². The molecule has 0 spiro atoms. The summed E-state index contributed by atoms with van der Waals surface area (Å²) < 4.78 is 12.7. The van der Waals surface area contributed by atoms with Crippen molar-refractivity contribution in [2.45, 2.75) is 13.8 Å². The maximum atomic E-state index is 12.3. The molecule has 0 unspecified atom stereocenters. The van der Waals surface area contributed by atoms with Gasteiger partial charge in [0, 0.05) is 0 Å². The van der Waals surface area contributed by atoms with Gasteiger partial charge in [-0.2, -0.15) is 0 Å². The van der Waals surface area contributed by atoms with Crippen LogP contribution in [0.3, 0.4) is 0 Å². The van der Waals surface area contributed by atoms with E-state index in [4.69, 9.17) is 9.47 Å². The van der Waals surface area contributed by atoms with Gasteiger partial charge in [-0.15, -0.1) is 0 Å². The van der Waals surface area contributed by atoms with Gasteiger partial charge in [-0.3, -0.25) is 4.79 Å². The lowest BCUT2D eigenvalue weighted by Crippen LogP contribution is -2.19. The van der Waals surface area contributed by atoms with Crippen LogP contribution in [0.5, 0.6) is 11.5 Å². The zero-order valence-electron chi connectivity index (χ0n) is 15.3. The van der Waals surface area contributed by atoms with Crippen molar-refractivity contribution in [2.24, 2.45) is 4.99 Å². The molecule has 1 aliphatic rings. The van der Waals surface area contributed by atoms with Gasteiger partial charge >= 0.3 is 0 Å². The van der Waals surface area contributed by atoms with Crippen LogP contribution >= 0.6 is 43.6 Å². The van der Waals surface area contributed by atoms with E-state index in [0.717, 1.165) is 31.7 Å². The van der Waals surface area contributed by atoms with Crippen LogP contribution in [0, 0.1) is 0 Å². The van der Waals surface area contributed by atoms with Gasteiger partial charge in [0.1, 0.15) is 11.5 Å². The van der Waals surface area contributed by atoms with Crippen molar-refractivity contribution in [1.82, 2.24) is 5.32 Å². The molecule has 146 valence electrons. The SMILES string of the molecule is CCOc1ccc(N=C2NC(=O)/C(=C\c3cc(Br)c(OCC)c(Br)c3)S2)cc1. The highest BCUT2D eigenvalue weighted by molar-refractivity contribution is 9.11. The van der Waals surface area contributed by atoms with E-state index in [1.165, 1.54) is 11.8 Å². The molecule has 0 saturated carbocycles. The number of nitrogens with zero attached hydrogens (tertiary/aromatic N) is 1. The molecule has 0 aromatic heterocycles. The smallest absolute Gasteiger partial charge is 0.264 e. The number of thioether (sulfide) groups is 1. The number of carbonyl (C=O) groups is 1. The number of ether oxygens (including phenoxy) is 2. The minimum Gasteiger partial charge on any atom is -0.494 e. The molecule has 0 radical (unpaired) electrons. The zero-order valence-corrected chi connectivity index (χ0v) is 19.3. The van der Waals surface area contributed by atoms with Crippen LogP contribution in [-0.4, -0.2) is 24.3 Å². The van der Waals surface area contributed by atoms with Crippen molar-refractivity contribution in [1.29, 1.82) is 0 Å². The number of rotatable bonds is 6. The quantitative estimate of drug-likeness (QED) is 0.477. The Hall–Kier alpha value is -1.77. The molecule has 1 N–H and O–H groups in total. The van der Waals surface area contributed by atoms with E-state index in [2.05, 4.69) is 42.2 Å². The lowest BCUT2D eigenvalue weighted by molar-refractivity contribution is -0.115. The van der Waals surface area contributed by atoms with Gasteiger partial charge < -0.3 is 14.8 Å². The lowest BCUT2D eigenvalue weighted by Gasteiger charge is -2.09. The molecule has 28 heavy (non-hydrogen) atoms. The maximum Gasteiger partial charge on any atom is 0.264 e. The van der Waals surface area contributed by atoms with E-state index in [1.807, 2.05) is 56.3 Å². The monoisotopic (exact) mass is 524 g/mol. The molecule has 2 aromatic carbocycles. The Morgan fingerprint density at radius 1 is 1.07 bits per heavy atom. The van der Waals surface area contributed by atoms with E-state index < -0.39 is 0 Å². The fourth-order valence-electron chi connectivity index (χ4n) is 2.48. The van der Waals surface area contributed by atoms with Gasteiger partial charge in [0.15, 0.2) is 5.17 Å². The van der Waals surface area contributed by atoms with Crippen LogP contribution in [0.4, 0.5) is 5.69 Å². The number of nitrogens with one attached hydrogen (secondary N) is 1. The molecule has 3 rings (SSSR count). The summed E-state index contributed by atoms with van der Waals surface area (Å²) in [6.07, 6.45) is 1.83. The molecule has 1 fully saturated rings. The second kappa shape index (κ2) is 9.62. The highest BCUT2D eigenvalue weighted by Gasteiger charge is 2.24. The Morgan fingerprint density at radius 3 is 2.32 bits per heavy atom. The largest absolute Gasteiger partial charge is 0.494 e. The fourth-order valence-corrected chi connectivity index (χ4v) is 4.77. The average Bonchev–Trinajstić information content (AvgIpc) is 2.99. The molecule has 0 atom stereocenters. The van der Waals surface area contributed by atoms with Crippen molar-refractivity contribution in [3.63, 3.8) is 0 Å². The van der Waals surface area contributed by atoms with Crippen molar-refractivity contribution in [3.05, 3.63) is 55.8 Å². The summed E-state index contributed by atoms with van der Waals surface area (Å²) in [6, 6.07) is 11.3. The number of aliphatic imine (C=N–C) groups is 1. The van der Waals surface area contributed by atoms with Crippen LogP contribution in [0.15, 0.2) is 55.2 Å². The first kappa shape index (κ1) is 21.0. The molecule has 5 nitrogen and oxygen atoms in total. The first-order valence-electron chi connectivity index (χ1n) is 8.64. The van der Waals surface area contributed by atoms with Gasteiger partial charge in [-0.25, -0.2) is 4.99 Å². The van der Waals surface area contributed by atoms with Crippen LogP contribution in [0.1, 0.15) is 19.4 Å². The third kappa shape index (κ3) is 5.18. The summed E-state index contributed by atoms with van der Waals surface area (Å²) in [4.78, 5) is 17.4. The highest BCUT2D eigenvalue weighted by Crippen LogP contribution is 2.36. The van der Waals surface area contributed by atoms with Crippen LogP contribution < -0.4 is 14.8 Å². The number of carbonyl (C=O) groups excluding carboxylic acids is 1. The Morgan fingerprint density at radius 2 is 1.71 bits per heavy atom. The summed E-state index contributed by atoms with van der Waals surface area (Å²) in [5.74, 6) is 1.36. The number of hydrogen-bond acceptors (Lipinski definition) is 5. The lowest BCUT2D eigenvalue weighted by atomic mass is 10.2. The van der Waals surface area contributed by atoms with Crippen molar-refractivity contribution >= 4 is 66.5 Å². The van der Waals surface area contributed by atoms with E-state index in [9.17, 15) is 4.79 Å². The van der Waals surface area contributed by atoms with Crippen LogP contribution in [0.2, 0.25) is 0 Å². The van der Waals surface area contributed by atoms with Crippen molar-refractivity contribution < 1.29 is 14.3 Å². The third-order valence-electron chi connectivity index (χ3n) is 3.64. The molecule has 1 saturated heterocycles. The van der Waals surface area contributed by atoms with Gasteiger partial charge in [0.25, 0.3) is 5.91 Å². The minimum absolute atomic E-state index is 0.171. The molecule has 1 amide bonds. The maximum absolute atomic E-state index is 12.3. The molecule has 0 aliphatic carbocycles. The minimum atomic E-state index is -0.171. The summed E-state index contributed by atoms with van der Waals surface area (Å²) in [5, 5.41) is 3.35. The van der Waals surface area contributed by atoms with E-state index in [-0.39, 0.29) is 5.91 Å². The molecule has 1 aliphatic heterocycles. The van der Waals surface area contributed by atoms with E-state index >= 15 is 0 Å². The highest BCUT2D eigenvalue weighted by atomic mass is 79.9. The summed E-state index contributed by atoms with van der Waals surface area (Å²) >= 11 is 8.33. The van der Waals surface area contributed by atoms with Crippen molar-refractivity contribution in [2.75, 3.05) is 13.2 Å². The Kier molecular flexibility index (Phi) is 7.20. The summed E-state index contributed by atoms with van der Waals surface area (Å²) in [5.41, 5.74) is 1.63. The Labute approximate surface area is 184 Å². The standard InChI is InChI=1S/C20H18Br2N2O3S/c1-3-26-14-7-5-13(6-8-14)23-20-24-19(25)17(28-20)11-12-9-15(21)18(27-4-2)16(22)10-12/h5-11H,3-4H2,1-2H3,(H,23,24,25)/b17-11+. The zero-order chi connectivity index (χ0) is 20.1. The van der Waals surface area contributed by atoms with Crippen molar-refractivity contribution in [3.8, 4) is 11.5 Å². The first-order valence-corrected chi connectivity index (χ1v) is 11.0. The first-order chi connectivity index (χ1) is 13.5. The second-order valence-corrected chi connectivity index (χ2v) is 8.39. The molecule has 0 bridgehead atoms. The summed E-state index contributed by atoms with van der Waals surface area (Å²) in [7, 11) is 0. The number of hydrogen-bond donors (Lipinski definition) is 1. The van der Waals surface area contributed by atoms with Gasteiger partial charge in [-0.05, 0) is 106 Å². The predicted molar refractivity (Wildman–Crippen MR) is 121 cm³/mol. The number of benzene rings is 2. The molecular weight excluding hydrogens is 508 g/mol.